The molecular weight excluding hydrogens is 252 g/mol. The molecule has 2 aromatic rings. The summed E-state index contributed by atoms with van der Waals surface area (Å²) in [5.74, 6) is 0.543. The predicted octanol–water partition coefficient (Wildman–Crippen LogP) is 1.97. The van der Waals surface area contributed by atoms with E-state index in [2.05, 4.69) is 37.2 Å². The lowest BCUT2D eigenvalue weighted by molar-refractivity contribution is 0.278. The molecule has 5 nitrogen and oxygen atoms in total. The van der Waals surface area contributed by atoms with E-state index in [1.54, 1.807) is 6.33 Å². The summed E-state index contributed by atoms with van der Waals surface area (Å²) >= 11 is 0. The summed E-state index contributed by atoms with van der Waals surface area (Å²) in [6.07, 6.45) is 2.37. The van der Waals surface area contributed by atoms with E-state index in [4.69, 9.17) is 10.5 Å². The Morgan fingerprint density at radius 1 is 1.35 bits per heavy atom. The fourth-order valence-corrected chi connectivity index (χ4v) is 2.59. The fourth-order valence-electron chi connectivity index (χ4n) is 2.59. The Balaban J connectivity index is 2.62. The maximum atomic E-state index is 8.93. The molecule has 20 heavy (non-hydrogen) atoms. The second kappa shape index (κ2) is 5.79. The Labute approximate surface area is 119 Å². The molecule has 0 unspecified atom stereocenters. The maximum Gasteiger partial charge on any atom is 0.145 e. The summed E-state index contributed by atoms with van der Waals surface area (Å²) in [6, 6.07) is 0. The van der Waals surface area contributed by atoms with Crippen molar-refractivity contribution in [2.45, 2.75) is 47.2 Å². The number of rotatable bonds is 5. The molecule has 5 heteroatoms. The number of aliphatic hydroxyl groups is 1. The van der Waals surface area contributed by atoms with Gasteiger partial charge in [-0.1, -0.05) is 13.8 Å². The van der Waals surface area contributed by atoms with Crippen LogP contribution in [0.1, 0.15) is 31.5 Å². The highest BCUT2D eigenvalue weighted by Gasteiger charge is 2.15. The summed E-state index contributed by atoms with van der Waals surface area (Å²) in [5, 5.41) is 18.2. The summed E-state index contributed by atoms with van der Waals surface area (Å²) in [4.78, 5) is 4.55. The molecule has 110 valence electrons. The first-order valence-electron chi connectivity index (χ1n) is 7.17. The first-order valence-corrected chi connectivity index (χ1v) is 7.17. The van der Waals surface area contributed by atoms with Crippen LogP contribution in [-0.2, 0) is 13.1 Å². The minimum atomic E-state index is 0.136. The van der Waals surface area contributed by atoms with Crippen LogP contribution in [0.15, 0.2) is 6.33 Å². The van der Waals surface area contributed by atoms with Gasteiger partial charge >= 0.3 is 0 Å². The van der Waals surface area contributed by atoms with Crippen molar-refractivity contribution in [3.05, 3.63) is 23.1 Å². The first-order chi connectivity index (χ1) is 9.47. The van der Waals surface area contributed by atoms with Crippen LogP contribution in [0.3, 0.4) is 0 Å². The van der Waals surface area contributed by atoms with E-state index in [-0.39, 0.29) is 6.61 Å². The highest BCUT2D eigenvalue weighted by molar-refractivity contribution is 5.80. The van der Waals surface area contributed by atoms with Crippen molar-refractivity contribution >= 4 is 11.0 Å². The van der Waals surface area contributed by atoms with Gasteiger partial charge in [0.05, 0.1) is 11.7 Å². The Hall–Kier alpha value is -1.62. The Morgan fingerprint density at radius 3 is 2.65 bits per heavy atom. The average molecular weight is 276 g/mol. The van der Waals surface area contributed by atoms with Crippen LogP contribution in [0.2, 0.25) is 0 Å². The lowest BCUT2D eigenvalue weighted by Crippen LogP contribution is -2.22. The van der Waals surface area contributed by atoms with E-state index in [0.29, 0.717) is 24.4 Å². The Morgan fingerprint density at radius 2 is 2.05 bits per heavy atom. The summed E-state index contributed by atoms with van der Waals surface area (Å²) in [7, 11) is 0. The molecule has 2 aromatic heterocycles. The zero-order valence-electron chi connectivity index (χ0n) is 12.8. The van der Waals surface area contributed by atoms with Crippen molar-refractivity contribution in [2.24, 2.45) is 5.92 Å². The molecular formula is C15H24N4O. The van der Waals surface area contributed by atoms with Gasteiger partial charge in [0.2, 0.25) is 0 Å². The predicted molar refractivity (Wildman–Crippen MR) is 79.6 cm³/mol. The Kier molecular flexibility index (Phi) is 4.28. The van der Waals surface area contributed by atoms with Gasteiger partial charge < -0.3 is 14.2 Å². The SMILES string of the molecule is Cc1c(C)n(CC(C)C)c2ncn(CCCO)c(=N)c12. The van der Waals surface area contributed by atoms with Crippen LogP contribution in [0, 0.1) is 25.2 Å². The number of aromatic nitrogens is 3. The summed E-state index contributed by atoms with van der Waals surface area (Å²) in [5.41, 5.74) is 3.72. The topological polar surface area (TPSA) is 66.8 Å². The molecule has 0 radical (unpaired) electrons. The molecule has 0 fully saturated rings. The number of nitrogens with zero attached hydrogens (tertiary/aromatic N) is 3. The molecule has 0 aliphatic heterocycles. The van der Waals surface area contributed by atoms with Crippen molar-refractivity contribution in [2.75, 3.05) is 6.61 Å². The highest BCUT2D eigenvalue weighted by Crippen LogP contribution is 2.21. The third-order valence-electron chi connectivity index (χ3n) is 3.75. The number of aliphatic hydroxyl groups excluding tert-OH is 1. The normalized spacial score (nSPS) is 11.7. The van der Waals surface area contributed by atoms with Gasteiger partial charge in [0.25, 0.3) is 0 Å². The molecule has 2 N–H and O–H groups in total. The zero-order chi connectivity index (χ0) is 14.9. The standard InChI is InChI=1S/C15H24N4O/c1-10(2)8-19-12(4)11(3)13-14(16)18(6-5-7-20)9-17-15(13)19/h9-10,16,20H,5-8H2,1-4H3. The van der Waals surface area contributed by atoms with Crippen LogP contribution in [0.5, 0.6) is 0 Å². The average Bonchev–Trinajstić information content (AvgIpc) is 2.63. The van der Waals surface area contributed by atoms with Crippen molar-refractivity contribution in [3.8, 4) is 0 Å². The van der Waals surface area contributed by atoms with Gasteiger partial charge in [0, 0.05) is 25.4 Å². The largest absolute Gasteiger partial charge is 0.396 e. The zero-order valence-corrected chi connectivity index (χ0v) is 12.8. The second-order valence-electron chi connectivity index (χ2n) is 5.78. The van der Waals surface area contributed by atoms with Crippen LogP contribution < -0.4 is 5.49 Å². The number of hydrogen-bond donors (Lipinski definition) is 2. The molecule has 0 atom stereocenters. The highest BCUT2D eigenvalue weighted by atomic mass is 16.3. The van der Waals surface area contributed by atoms with E-state index in [1.807, 2.05) is 4.57 Å². The van der Waals surface area contributed by atoms with Gasteiger partial charge in [0.1, 0.15) is 11.1 Å². The summed E-state index contributed by atoms with van der Waals surface area (Å²) in [6.45, 7) is 10.2. The Bertz CT molecular complexity index is 667. The van der Waals surface area contributed by atoms with Crippen LogP contribution >= 0.6 is 0 Å². The van der Waals surface area contributed by atoms with E-state index in [1.165, 1.54) is 5.69 Å². The van der Waals surface area contributed by atoms with Gasteiger partial charge in [-0.15, -0.1) is 0 Å². The summed E-state index contributed by atoms with van der Waals surface area (Å²) < 4.78 is 4.02. The van der Waals surface area contributed by atoms with Crippen molar-refractivity contribution < 1.29 is 5.11 Å². The van der Waals surface area contributed by atoms with E-state index < -0.39 is 0 Å². The molecule has 0 saturated carbocycles. The molecule has 0 aliphatic carbocycles. The first kappa shape index (κ1) is 14.8. The van der Waals surface area contributed by atoms with Gasteiger partial charge in [-0.05, 0) is 31.7 Å². The molecule has 2 rings (SSSR count). The van der Waals surface area contributed by atoms with E-state index in [9.17, 15) is 0 Å². The lowest BCUT2D eigenvalue weighted by Gasteiger charge is -2.11. The third kappa shape index (κ3) is 2.50. The number of nitrogens with one attached hydrogen (secondary N) is 1. The van der Waals surface area contributed by atoms with Crippen LogP contribution in [0.4, 0.5) is 0 Å². The molecule has 0 spiro atoms. The quantitative estimate of drug-likeness (QED) is 0.877. The van der Waals surface area contributed by atoms with Gasteiger partial charge in [-0.25, -0.2) is 4.98 Å². The monoisotopic (exact) mass is 276 g/mol. The number of aryl methyl sites for hydroxylation is 2. The molecule has 0 aromatic carbocycles. The number of fused-ring (bicyclic) bond motifs is 1. The second-order valence-corrected chi connectivity index (χ2v) is 5.78. The van der Waals surface area contributed by atoms with Crippen molar-refractivity contribution in [3.63, 3.8) is 0 Å². The minimum absolute atomic E-state index is 0.136. The third-order valence-corrected chi connectivity index (χ3v) is 3.75. The smallest absolute Gasteiger partial charge is 0.145 e. The lowest BCUT2D eigenvalue weighted by atomic mass is 10.2. The fraction of sp³-hybridized carbons (Fsp3) is 0.600. The molecule has 0 amide bonds. The van der Waals surface area contributed by atoms with Gasteiger partial charge in [-0.2, -0.15) is 0 Å². The van der Waals surface area contributed by atoms with Gasteiger partial charge in [-0.3, -0.25) is 5.41 Å². The van der Waals surface area contributed by atoms with Crippen LogP contribution in [-0.4, -0.2) is 25.8 Å². The number of hydrogen-bond acceptors (Lipinski definition) is 3. The van der Waals surface area contributed by atoms with Crippen molar-refractivity contribution in [1.29, 1.82) is 5.41 Å². The minimum Gasteiger partial charge on any atom is -0.396 e. The molecule has 2 heterocycles. The molecule has 0 aliphatic rings. The van der Waals surface area contributed by atoms with Crippen molar-refractivity contribution in [1.82, 2.24) is 14.1 Å². The van der Waals surface area contributed by atoms with E-state index >= 15 is 0 Å². The molecule has 0 bridgehead atoms. The molecule has 0 saturated heterocycles. The van der Waals surface area contributed by atoms with Gasteiger partial charge in [0.15, 0.2) is 0 Å². The van der Waals surface area contributed by atoms with E-state index in [0.717, 1.165) is 23.1 Å². The maximum absolute atomic E-state index is 8.93. The van der Waals surface area contributed by atoms with Crippen LogP contribution in [0.25, 0.3) is 11.0 Å².